The first kappa shape index (κ1) is 26.0. The first-order valence-electron chi connectivity index (χ1n) is 10.7. The van der Waals surface area contributed by atoms with Crippen LogP contribution < -0.4 is 20.3 Å². The van der Waals surface area contributed by atoms with Crippen molar-refractivity contribution in [2.45, 2.75) is 19.3 Å². The van der Waals surface area contributed by atoms with Crippen LogP contribution in [0.25, 0.3) is 21.9 Å². The van der Waals surface area contributed by atoms with Crippen LogP contribution in [-0.4, -0.2) is 40.8 Å². The average Bonchev–Trinajstić information content (AvgIpc) is 2.82. The standard InChI is InChI=1S/C25H20O10.H2O/c26-14-12-20(24(28)29)34-18-8-4-6-16(22(14)18)32-10-2-1-3-11-33-17-7-5-9-19-23(17)15(27)13-21(35-19)25(30)31;/h4-9,12-13H,1-3,10-11H2,(H,28,29)(H,30,31);1H2. The van der Waals surface area contributed by atoms with Gasteiger partial charge in [0.2, 0.25) is 11.5 Å². The molecular formula is C25H22O11. The highest BCUT2D eigenvalue weighted by molar-refractivity contribution is 5.90. The third-order valence-corrected chi connectivity index (χ3v) is 5.16. The summed E-state index contributed by atoms with van der Waals surface area (Å²) in [6, 6.07) is 11.3. The van der Waals surface area contributed by atoms with Crippen molar-refractivity contribution in [1.29, 1.82) is 0 Å². The van der Waals surface area contributed by atoms with Gasteiger partial charge in [0.1, 0.15) is 33.4 Å². The highest BCUT2D eigenvalue weighted by Gasteiger charge is 2.15. The zero-order valence-corrected chi connectivity index (χ0v) is 18.8. The summed E-state index contributed by atoms with van der Waals surface area (Å²) in [4.78, 5) is 46.8. The Bertz CT molecular complexity index is 1420. The Hall–Kier alpha value is -4.64. The van der Waals surface area contributed by atoms with E-state index in [0.29, 0.717) is 37.6 Å². The molecule has 0 spiro atoms. The number of carboxylic acids is 2. The number of benzene rings is 2. The summed E-state index contributed by atoms with van der Waals surface area (Å²) in [5.74, 6) is -2.91. The van der Waals surface area contributed by atoms with Gasteiger partial charge in [0.15, 0.2) is 10.9 Å². The Morgan fingerprint density at radius 1 is 0.694 bits per heavy atom. The average molecular weight is 498 g/mol. The Morgan fingerprint density at radius 2 is 1.11 bits per heavy atom. The fraction of sp³-hybridized carbons (Fsp3) is 0.200. The summed E-state index contributed by atoms with van der Waals surface area (Å²) in [6.07, 6.45) is 2.03. The number of rotatable bonds is 10. The van der Waals surface area contributed by atoms with E-state index in [1.807, 2.05) is 0 Å². The Labute approximate surface area is 202 Å². The molecule has 11 nitrogen and oxygen atoms in total. The SMILES string of the molecule is O.O=C(O)c1cc(=O)c2c(OCCCCCOc3cccc4oc(C(=O)O)cc(=O)c34)cccc2o1. The van der Waals surface area contributed by atoms with Gasteiger partial charge in [-0.15, -0.1) is 0 Å². The second-order valence-corrected chi connectivity index (χ2v) is 7.58. The summed E-state index contributed by atoms with van der Waals surface area (Å²) in [6.45, 7) is 0.629. The third-order valence-electron chi connectivity index (χ3n) is 5.16. The van der Waals surface area contributed by atoms with Crippen LogP contribution in [0, 0.1) is 0 Å². The van der Waals surface area contributed by atoms with Gasteiger partial charge in [-0.05, 0) is 43.5 Å². The van der Waals surface area contributed by atoms with Gasteiger partial charge in [-0.25, -0.2) is 9.59 Å². The van der Waals surface area contributed by atoms with E-state index in [1.165, 1.54) is 12.1 Å². The monoisotopic (exact) mass is 498 g/mol. The van der Waals surface area contributed by atoms with Gasteiger partial charge >= 0.3 is 11.9 Å². The summed E-state index contributed by atoms with van der Waals surface area (Å²) in [5.41, 5.74) is -0.725. The van der Waals surface area contributed by atoms with Crippen LogP contribution in [0.15, 0.2) is 67.0 Å². The van der Waals surface area contributed by atoms with Crippen LogP contribution in [0.3, 0.4) is 0 Å². The third kappa shape index (κ3) is 5.53. The number of hydrogen-bond donors (Lipinski definition) is 2. The molecule has 0 saturated heterocycles. The Kier molecular flexibility index (Phi) is 8.07. The van der Waals surface area contributed by atoms with Crippen molar-refractivity contribution in [3.63, 3.8) is 0 Å². The van der Waals surface area contributed by atoms with E-state index >= 15 is 0 Å². The lowest BCUT2D eigenvalue weighted by Gasteiger charge is -2.10. The van der Waals surface area contributed by atoms with E-state index in [1.54, 1.807) is 24.3 Å². The smallest absolute Gasteiger partial charge is 0.371 e. The van der Waals surface area contributed by atoms with Gasteiger partial charge < -0.3 is 34.0 Å². The summed E-state index contributed by atoms with van der Waals surface area (Å²) >= 11 is 0. The molecule has 36 heavy (non-hydrogen) atoms. The summed E-state index contributed by atoms with van der Waals surface area (Å²) in [5, 5.41) is 18.4. The molecule has 2 aromatic carbocycles. The lowest BCUT2D eigenvalue weighted by molar-refractivity contribution is 0.0653. The van der Waals surface area contributed by atoms with Crippen LogP contribution >= 0.6 is 0 Å². The molecule has 0 atom stereocenters. The predicted molar refractivity (Wildman–Crippen MR) is 127 cm³/mol. The van der Waals surface area contributed by atoms with Gasteiger partial charge in [-0.1, -0.05) is 12.1 Å². The number of carbonyl (C=O) groups is 2. The normalized spacial score (nSPS) is 10.7. The summed E-state index contributed by atoms with van der Waals surface area (Å²) < 4.78 is 21.9. The Morgan fingerprint density at radius 3 is 1.50 bits per heavy atom. The van der Waals surface area contributed by atoms with E-state index in [9.17, 15) is 19.2 Å². The number of aromatic carboxylic acids is 2. The maximum atomic E-state index is 12.3. The van der Waals surface area contributed by atoms with Gasteiger partial charge in [0, 0.05) is 12.1 Å². The molecule has 4 rings (SSSR count). The first-order valence-corrected chi connectivity index (χ1v) is 10.7. The maximum absolute atomic E-state index is 12.3. The van der Waals surface area contributed by atoms with Crippen molar-refractivity contribution in [3.05, 3.63) is 80.5 Å². The quantitative estimate of drug-likeness (QED) is 0.308. The van der Waals surface area contributed by atoms with E-state index in [2.05, 4.69) is 0 Å². The number of hydrogen-bond acceptors (Lipinski definition) is 8. The van der Waals surface area contributed by atoms with E-state index in [4.69, 9.17) is 28.5 Å². The molecule has 0 aliphatic heterocycles. The van der Waals surface area contributed by atoms with Gasteiger partial charge in [-0.3, -0.25) is 9.59 Å². The molecule has 0 saturated carbocycles. The summed E-state index contributed by atoms with van der Waals surface area (Å²) in [7, 11) is 0. The molecule has 11 heteroatoms. The second-order valence-electron chi connectivity index (χ2n) is 7.58. The fourth-order valence-electron chi connectivity index (χ4n) is 3.55. The minimum atomic E-state index is -1.33. The molecule has 0 bridgehead atoms. The van der Waals surface area contributed by atoms with Crippen molar-refractivity contribution in [2.75, 3.05) is 13.2 Å². The van der Waals surface area contributed by atoms with Crippen LogP contribution in [0.2, 0.25) is 0 Å². The molecule has 0 amide bonds. The molecule has 0 aliphatic rings. The zero-order chi connectivity index (χ0) is 24.9. The largest absolute Gasteiger partial charge is 0.493 e. The van der Waals surface area contributed by atoms with Crippen LogP contribution in [-0.2, 0) is 0 Å². The van der Waals surface area contributed by atoms with Crippen LogP contribution in [0.4, 0.5) is 0 Å². The van der Waals surface area contributed by atoms with Gasteiger partial charge in [0.05, 0.1) is 13.2 Å². The lowest BCUT2D eigenvalue weighted by Crippen LogP contribution is -2.09. The first-order chi connectivity index (χ1) is 16.8. The van der Waals surface area contributed by atoms with Crippen molar-refractivity contribution < 1.29 is 43.6 Å². The number of fused-ring (bicyclic) bond motifs is 2. The van der Waals surface area contributed by atoms with E-state index in [0.717, 1.165) is 18.6 Å². The van der Waals surface area contributed by atoms with E-state index < -0.39 is 34.3 Å². The van der Waals surface area contributed by atoms with Crippen molar-refractivity contribution in [1.82, 2.24) is 0 Å². The van der Waals surface area contributed by atoms with Crippen molar-refractivity contribution in [2.24, 2.45) is 0 Å². The molecule has 0 aliphatic carbocycles. The minimum absolute atomic E-state index is 0. The highest BCUT2D eigenvalue weighted by Crippen LogP contribution is 2.25. The zero-order valence-electron chi connectivity index (χ0n) is 18.8. The molecule has 0 fully saturated rings. The second kappa shape index (κ2) is 11.2. The predicted octanol–water partition coefficient (Wildman–Crippen LogP) is 3.10. The Balaban J connectivity index is 0.00000361. The van der Waals surface area contributed by atoms with Gasteiger partial charge in [-0.2, -0.15) is 0 Å². The number of unbranched alkanes of at least 4 members (excludes halogenated alkanes) is 2. The minimum Gasteiger partial charge on any atom is -0.493 e. The molecule has 2 heterocycles. The van der Waals surface area contributed by atoms with E-state index in [-0.39, 0.29) is 27.4 Å². The maximum Gasteiger partial charge on any atom is 0.371 e. The molecule has 4 aromatic rings. The highest BCUT2D eigenvalue weighted by atomic mass is 16.5. The molecule has 2 aromatic heterocycles. The van der Waals surface area contributed by atoms with Crippen LogP contribution in [0.1, 0.15) is 40.4 Å². The molecule has 0 radical (unpaired) electrons. The lowest BCUT2D eigenvalue weighted by atomic mass is 10.2. The van der Waals surface area contributed by atoms with Crippen LogP contribution in [0.5, 0.6) is 11.5 Å². The number of carboxylic acid groups (broad SMARTS) is 2. The molecule has 4 N–H and O–H groups in total. The topological polar surface area (TPSA) is 185 Å². The van der Waals surface area contributed by atoms with Crippen molar-refractivity contribution in [3.8, 4) is 11.5 Å². The van der Waals surface area contributed by atoms with Crippen molar-refractivity contribution >= 4 is 33.9 Å². The fourth-order valence-corrected chi connectivity index (χ4v) is 3.55. The molecular weight excluding hydrogens is 476 g/mol. The van der Waals surface area contributed by atoms with Gasteiger partial charge in [0.25, 0.3) is 0 Å². The molecule has 188 valence electrons. The number of ether oxygens (including phenoxy) is 2. The molecule has 0 unspecified atom stereocenters.